The zero-order chi connectivity index (χ0) is 40.9. The van der Waals surface area contributed by atoms with Gasteiger partial charge in [-0.2, -0.15) is 0 Å². The van der Waals surface area contributed by atoms with E-state index < -0.39 is 0 Å². The Balaban J connectivity index is 0.000000219. The summed E-state index contributed by atoms with van der Waals surface area (Å²) in [6, 6.07) is 75.6. The molecule has 59 heavy (non-hydrogen) atoms. The Morgan fingerprint density at radius 2 is 0.915 bits per heavy atom. The van der Waals surface area contributed by atoms with Crippen LogP contribution in [0.2, 0.25) is 0 Å². The van der Waals surface area contributed by atoms with Crippen molar-refractivity contribution >= 4 is 5.70 Å². The first-order valence-electron chi connectivity index (χ1n) is 20.4. The van der Waals surface area contributed by atoms with E-state index >= 15 is 0 Å². The van der Waals surface area contributed by atoms with Gasteiger partial charge < -0.3 is 11.5 Å². The van der Waals surface area contributed by atoms with Gasteiger partial charge in [-0.3, -0.25) is 0 Å². The lowest BCUT2D eigenvalue weighted by molar-refractivity contribution is 0.769. The van der Waals surface area contributed by atoms with Crippen molar-refractivity contribution in [2.45, 2.75) is 32.2 Å². The van der Waals surface area contributed by atoms with Crippen molar-refractivity contribution in [2.24, 2.45) is 11.5 Å². The van der Waals surface area contributed by atoms with E-state index in [1.807, 2.05) is 74.5 Å². The molecule has 0 aliphatic heterocycles. The fourth-order valence-corrected chi connectivity index (χ4v) is 7.95. The predicted octanol–water partition coefficient (Wildman–Crippen LogP) is 13.7. The van der Waals surface area contributed by atoms with Crippen LogP contribution in [0, 0.1) is 0 Å². The van der Waals surface area contributed by atoms with E-state index in [0.717, 1.165) is 23.2 Å². The van der Waals surface area contributed by atoms with E-state index in [2.05, 4.69) is 170 Å². The summed E-state index contributed by atoms with van der Waals surface area (Å²) in [6.45, 7) is 4.55. The minimum atomic E-state index is -0.382. The Hall–Kier alpha value is -7.00. The predicted molar refractivity (Wildman–Crippen MR) is 252 cm³/mol. The van der Waals surface area contributed by atoms with Crippen molar-refractivity contribution in [3.05, 3.63) is 269 Å². The zero-order valence-electron chi connectivity index (χ0n) is 34.0. The van der Waals surface area contributed by atoms with Crippen molar-refractivity contribution in [2.75, 3.05) is 0 Å². The first-order valence-corrected chi connectivity index (χ1v) is 20.4. The first kappa shape index (κ1) is 40.2. The minimum Gasteiger partial charge on any atom is -0.398 e. The second-order valence-corrected chi connectivity index (χ2v) is 14.7. The highest BCUT2D eigenvalue weighted by Crippen LogP contribution is 2.56. The SMILES string of the molecule is C/C=C\C.N/C(=C\Cc1ccccc1)c1ccccc1.NCc1cccc(-c2ccc(-c3ccc4c(c3)C(c3ccccc3)(c3ccccc3)c3ccccc3-4)cc2)c1. The van der Waals surface area contributed by atoms with Crippen LogP contribution in [0.25, 0.3) is 39.1 Å². The summed E-state index contributed by atoms with van der Waals surface area (Å²) in [7, 11) is 0. The van der Waals surface area contributed by atoms with Crippen molar-refractivity contribution in [3.63, 3.8) is 0 Å². The molecule has 2 heteroatoms. The average molecular weight is 765 g/mol. The third kappa shape index (κ3) is 8.95. The number of hydrogen-bond donors (Lipinski definition) is 2. The molecular formula is C57H52N2. The van der Waals surface area contributed by atoms with Crippen LogP contribution in [0.5, 0.6) is 0 Å². The summed E-state index contributed by atoms with van der Waals surface area (Å²) in [4.78, 5) is 0. The minimum absolute atomic E-state index is 0.382. The monoisotopic (exact) mass is 764 g/mol. The summed E-state index contributed by atoms with van der Waals surface area (Å²) in [5.74, 6) is 0. The molecule has 0 unspecified atom stereocenters. The van der Waals surface area contributed by atoms with Crippen LogP contribution in [0.1, 0.15) is 52.8 Å². The molecule has 2 nitrogen and oxygen atoms in total. The Labute approximate surface area is 350 Å². The molecule has 8 aromatic carbocycles. The van der Waals surface area contributed by atoms with E-state index in [-0.39, 0.29) is 5.41 Å². The fraction of sp³-hybridized carbons (Fsp3) is 0.0877. The van der Waals surface area contributed by atoms with Crippen LogP contribution in [-0.4, -0.2) is 0 Å². The number of rotatable bonds is 8. The smallest absolute Gasteiger partial charge is 0.0713 e. The zero-order valence-corrected chi connectivity index (χ0v) is 34.0. The Morgan fingerprint density at radius 3 is 1.49 bits per heavy atom. The second kappa shape index (κ2) is 19.4. The quantitative estimate of drug-likeness (QED) is 0.151. The molecule has 9 rings (SSSR count). The molecule has 8 aromatic rings. The second-order valence-electron chi connectivity index (χ2n) is 14.7. The van der Waals surface area contributed by atoms with E-state index in [0.29, 0.717) is 6.54 Å². The molecule has 4 N–H and O–H groups in total. The highest BCUT2D eigenvalue weighted by Gasteiger charge is 2.46. The molecule has 0 bridgehead atoms. The van der Waals surface area contributed by atoms with E-state index in [9.17, 15) is 0 Å². The Kier molecular flexibility index (Phi) is 13.2. The number of hydrogen-bond acceptors (Lipinski definition) is 2. The maximum atomic E-state index is 6.00. The normalized spacial score (nSPS) is 12.4. The molecule has 0 aromatic heterocycles. The highest BCUT2D eigenvalue weighted by molar-refractivity contribution is 5.88. The van der Waals surface area contributed by atoms with Gasteiger partial charge in [-0.15, -0.1) is 0 Å². The lowest BCUT2D eigenvalue weighted by atomic mass is 9.67. The molecule has 290 valence electrons. The van der Waals surface area contributed by atoms with Crippen molar-refractivity contribution in [1.82, 2.24) is 0 Å². The van der Waals surface area contributed by atoms with Crippen LogP contribution < -0.4 is 11.5 Å². The van der Waals surface area contributed by atoms with Crippen molar-refractivity contribution in [3.8, 4) is 33.4 Å². The van der Waals surface area contributed by atoms with Crippen molar-refractivity contribution < 1.29 is 0 Å². The fourth-order valence-electron chi connectivity index (χ4n) is 7.95. The van der Waals surface area contributed by atoms with Crippen molar-refractivity contribution in [1.29, 1.82) is 0 Å². The summed E-state index contributed by atoms with van der Waals surface area (Å²) in [6.07, 6.45) is 6.94. The van der Waals surface area contributed by atoms with Crippen LogP contribution in [0.4, 0.5) is 0 Å². The largest absolute Gasteiger partial charge is 0.398 e. The van der Waals surface area contributed by atoms with Gasteiger partial charge in [0.15, 0.2) is 0 Å². The van der Waals surface area contributed by atoms with Gasteiger partial charge in [0, 0.05) is 12.2 Å². The molecule has 0 spiro atoms. The van der Waals surface area contributed by atoms with Crippen LogP contribution >= 0.6 is 0 Å². The van der Waals surface area contributed by atoms with Gasteiger partial charge in [-0.1, -0.05) is 218 Å². The third-order valence-electron chi connectivity index (χ3n) is 11.0. The molecule has 0 amide bonds. The Bertz CT molecular complexity index is 2560. The summed E-state index contributed by atoms with van der Waals surface area (Å²) < 4.78 is 0. The van der Waals surface area contributed by atoms with Gasteiger partial charge in [0.1, 0.15) is 0 Å². The van der Waals surface area contributed by atoms with Gasteiger partial charge >= 0.3 is 0 Å². The molecule has 0 fully saturated rings. The van der Waals surface area contributed by atoms with E-state index in [1.165, 1.54) is 61.2 Å². The molecular weight excluding hydrogens is 713 g/mol. The van der Waals surface area contributed by atoms with Gasteiger partial charge in [-0.25, -0.2) is 0 Å². The summed E-state index contributed by atoms with van der Waals surface area (Å²) in [5, 5.41) is 0. The lowest BCUT2D eigenvalue weighted by Gasteiger charge is -2.34. The van der Waals surface area contributed by atoms with E-state index in [1.54, 1.807) is 0 Å². The topological polar surface area (TPSA) is 52.0 Å². The lowest BCUT2D eigenvalue weighted by Crippen LogP contribution is -2.28. The number of fused-ring (bicyclic) bond motifs is 3. The summed E-state index contributed by atoms with van der Waals surface area (Å²) in [5.41, 5.74) is 28.5. The van der Waals surface area contributed by atoms with Crippen LogP contribution in [0.15, 0.2) is 231 Å². The molecule has 0 radical (unpaired) electrons. The maximum absolute atomic E-state index is 6.00. The molecule has 1 aliphatic rings. The highest BCUT2D eigenvalue weighted by atomic mass is 14.6. The first-order chi connectivity index (χ1) is 29.1. The third-order valence-corrected chi connectivity index (χ3v) is 11.0. The van der Waals surface area contributed by atoms with Gasteiger partial charge in [0.05, 0.1) is 5.41 Å². The van der Waals surface area contributed by atoms with Crippen LogP contribution in [0.3, 0.4) is 0 Å². The van der Waals surface area contributed by atoms with Gasteiger partial charge in [0.2, 0.25) is 0 Å². The van der Waals surface area contributed by atoms with Gasteiger partial charge in [-0.05, 0) is 105 Å². The standard InChI is InChI=1S/C38H29N.C15H15N.C4H8/c39-26-27-10-9-11-30(24-27)28-18-20-29(21-19-28)31-22-23-35-34-16-7-8-17-36(34)38(37(35)25-31,32-12-3-1-4-13-32)33-14-5-2-6-15-33;16-15(14-9-5-2-6-10-14)12-11-13-7-3-1-4-8-13;1-3-4-2/h1-25H,26,39H2;1-10,12H,11,16H2;3-4H,1-2H3/b;15-12-;4-3-. The molecule has 0 heterocycles. The molecule has 0 saturated carbocycles. The molecule has 0 atom stereocenters. The van der Waals surface area contributed by atoms with Gasteiger partial charge in [0.25, 0.3) is 0 Å². The average Bonchev–Trinajstić information content (AvgIpc) is 3.62. The van der Waals surface area contributed by atoms with E-state index in [4.69, 9.17) is 11.5 Å². The maximum Gasteiger partial charge on any atom is 0.0713 e. The number of nitrogens with two attached hydrogens (primary N) is 2. The Morgan fingerprint density at radius 1 is 0.441 bits per heavy atom. The number of benzene rings is 8. The number of allylic oxidation sites excluding steroid dienone is 3. The van der Waals surface area contributed by atoms with Crippen LogP contribution in [-0.2, 0) is 18.4 Å². The summed E-state index contributed by atoms with van der Waals surface area (Å²) >= 11 is 0. The molecule has 0 saturated heterocycles. The molecule has 1 aliphatic carbocycles.